The smallest absolute Gasteiger partial charge is 0.160 e. The van der Waals surface area contributed by atoms with E-state index in [-0.39, 0.29) is 0 Å². The summed E-state index contributed by atoms with van der Waals surface area (Å²) >= 11 is 4.61. The van der Waals surface area contributed by atoms with Crippen LogP contribution < -0.4 is 0 Å². The van der Waals surface area contributed by atoms with E-state index in [2.05, 4.69) is 27.8 Å². The summed E-state index contributed by atoms with van der Waals surface area (Å²) in [6.45, 7) is 0. The topological polar surface area (TPSA) is 17.1 Å². The van der Waals surface area contributed by atoms with Gasteiger partial charge in [0.15, 0.2) is 6.29 Å². The summed E-state index contributed by atoms with van der Waals surface area (Å²) in [5.41, 5.74) is 0.913. The number of hydrogen-bond donors (Lipinski definition) is 0. The molecule has 0 spiro atoms. The Morgan fingerprint density at radius 3 is 3.09 bits per heavy atom. The van der Waals surface area contributed by atoms with E-state index < -0.39 is 0 Å². The number of rotatable bonds is 1. The number of hydrogen-bond acceptors (Lipinski definition) is 2. The lowest BCUT2D eigenvalue weighted by Crippen LogP contribution is -1.68. The number of thiophene rings is 1. The lowest BCUT2D eigenvalue weighted by molar-refractivity contribution is 0.112. The van der Waals surface area contributed by atoms with Crippen LogP contribution in [0.1, 0.15) is 15.2 Å². The standard InChI is InChI=1S/C8H5BrOS/c9-3-1-2-7-4-8(5-10)11-6-7/h4-6H,3H2. The molecule has 0 saturated heterocycles. The molecule has 1 aromatic heterocycles. The lowest BCUT2D eigenvalue weighted by Gasteiger charge is -1.73. The van der Waals surface area contributed by atoms with Crippen molar-refractivity contribution in [2.45, 2.75) is 0 Å². The molecule has 0 aliphatic heterocycles. The van der Waals surface area contributed by atoms with Crippen molar-refractivity contribution in [2.24, 2.45) is 0 Å². The molecule has 0 radical (unpaired) electrons. The molecule has 3 heteroatoms. The van der Waals surface area contributed by atoms with Crippen LogP contribution in [-0.4, -0.2) is 11.6 Å². The highest BCUT2D eigenvalue weighted by Gasteiger charge is 1.93. The van der Waals surface area contributed by atoms with Gasteiger partial charge in [0.1, 0.15) is 0 Å². The third-order valence-corrected chi connectivity index (χ3v) is 2.17. The molecule has 0 unspecified atom stereocenters. The molecular formula is C8H5BrOS. The minimum atomic E-state index is 0.666. The number of alkyl halides is 1. The SMILES string of the molecule is O=Cc1cc(C#CCBr)cs1. The van der Waals surface area contributed by atoms with Gasteiger partial charge in [-0.1, -0.05) is 27.8 Å². The van der Waals surface area contributed by atoms with Crippen LogP contribution in [0.4, 0.5) is 0 Å². The van der Waals surface area contributed by atoms with E-state index in [4.69, 9.17) is 0 Å². The largest absolute Gasteiger partial charge is 0.297 e. The Bertz CT molecular complexity index is 305. The van der Waals surface area contributed by atoms with Crippen LogP contribution in [0.15, 0.2) is 11.4 Å². The van der Waals surface area contributed by atoms with E-state index in [1.807, 2.05) is 5.38 Å². The van der Waals surface area contributed by atoms with Crippen LogP contribution >= 0.6 is 27.3 Å². The van der Waals surface area contributed by atoms with Crippen LogP contribution in [0.3, 0.4) is 0 Å². The molecule has 0 bridgehead atoms. The van der Waals surface area contributed by atoms with Gasteiger partial charge in [0.05, 0.1) is 10.2 Å². The van der Waals surface area contributed by atoms with Gasteiger partial charge in [0.25, 0.3) is 0 Å². The summed E-state index contributed by atoms with van der Waals surface area (Å²) in [5.74, 6) is 5.76. The van der Waals surface area contributed by atoms with E-state index in [1.165, 1.54) is 11.3 Å². The van der Waals surface area contributed by atoms with Crippen molar-refractivity contribution in [1.82, 2.24) is 0 Å². The first-order chi connectivity index (χ1) is 5.36. The molecular weight excluding hydrogens is 224 g/mol. The van der Waals surface area contributed by atoms with E-state index in [9.17, 15) is 4.79 Å². The zero-order valence-corrected chi connectivity index (χ0v) is 8.04. The second-order valence-corrected chi connectivity index (χ2v) is 3.29. The third kappa shape index (κ3) is 2.49. The Hall–Kier alpha value is -0.590. The van der Waals surface area contributed by atoms with E-state index in [0.717, 1.165) is 16.7 Å². The summed E-state index contributed by atoms with van der Waals surface area (Å²) in [5, 5.41) is 2.54. The van der Waals surface area contributed by atoms with Gasteiger partial charge in [-0.2, -0.15) is 0 Å². The summed E-state index contributed by atoms with van der Waals surface area (Å²) in [6.07, 6.45) is 0.837. The highest BCUT2D eigenvalue weighted by Crippen LogP contribution is 2.10. The van der Waals surface area contributed by atoms with Gasteiger partial charge in [-0.25, -0.2) is 0 Å². The Labute approximate surface area is 77.6 Å². The first-order valence-electron chi connectivity index (χ1n) is 2.95. The van der Waals surface area contributed by atoms with E-state index >= 15 is 0 Å². The highest BCUT2D eigenvalue weighted by atomic mass is 79.9. The average Bonchev–Trinajstić information content (AvgIpc) is 2.48. The van der Waals surface area contributed by atoms with Crippen LogP contribution in [0, 0.1) is 11.8 Å². The molecule has 1 aromatic rings. The van der Waals surface area contributed by atoms with Crippen molar-refractivity contribution >= 4 is 33.6 Å². The van der Waals surface area contributed by atoms with Crippen LogP contribution in [0.5, 0.6) is 0 Å². The molecule has 56 valence electrons. The molecule has 0 aliphatic rings. The van der Waals surface area contributed by atoms with Crippen molar-refractivity contribution in [3.8, 4) is 11.8 Å². The monoisotopic (exact) mass is 228 g/mol. The fraction of sp³-hybridized carbons (Fsp3) is 0.125. The minimum Gasteiger partial charge on any atom is -0.297 e. The average molecular weight is 229 g/mol. The fourth-order valence-corrected chi connectivity index (χ4v) is 1.40. The molecule has 11 heavy (non-hydrogen) atoms. The second kappa shape index (κ2) is 4.32. The molecule has 0 aliphatic carbocycles. The number of aldehydes is 1. The zero-order chi connectivity index (χ0) is 8.10. The first kappa shape index (κ1) is 8.51. The minimum absolute atomic E-state index is 0.666. The maximum atomic E-state index is 10.2. The van der Waals surface area contributed by atoms with Gasteiger partial charge >= 0.3 is 0 Å². The summed E-state index contributed by atoms with van der Waals surface area (Å²) in [4.78, 5) is 11.0. The van der Waals surface area contributed by atoms with Crippen LogP contribution in [-0.2, 0) is 0 Å². The zero-order valence-electron chi connectivity index (χ0n) is 5.63. The molecule has 0 fully saturated rings. The van der Waals surface area contributed by atoms with Crippen molar-refractivity contribution < 1.29 is 4.79 Å². The van der Waals surface area contributed by atoms with Gasteiger partial charge in [0.2, 0.25) is 0 Å². The Morgan fingerprint density at radius 1 is 1.73 bits per heavy atom. The van der Waals surface area contributed by atoms with Crippen molar-refractivity contribution in [3.63, 3.8) is 0 Å². The predicted molar refractivity (Wildman–Crippen MR) is 50.4 cm³/mol. The van der Waals surface area contributed by atoms with E-state index in [0.29, 0.717) is 5.33 Å². The molecule has 1 rings (SSSR count). The van der Waals surface area contributed by atoms with E-state index in [1.54, 1.807) is 6.07 Å². The molecule has 0 atom stereocenters. The molecule has 0 aromatic carbocycles. The maximum Gasteiger partial charge on any atom is 0.160 e. The van der Waals surface area contributed by atoms with Gasteiger partial charge in [-0.15, -0.1) is 11.3 Å². The molecule has 0 amide bonds. The van der Waals surface area contributed by atoms with Crippen LogP contribution in [0.25, 0.3) is 0 Å². The highest BCUT2D eigenvalue weighted by molar-refractivity contribution is 9.09. The molecule has 1 nitrogen and oxygen atoms in total. The van der Waals surface area contributed by atoms with Crippen molar-refractivity contribution in [1.29, 1.82) is 0 Å². The quantitative estimate of drug-likeness (QED) is 0.410. The van der Waals surface area contributed by atoms with Gasteiger partial charge in [-0.3, -0.25) is 4.79 Å². The molecule has 0 N–H and O–H groups in total. The first-order valence-corrected chi connectivity index (χ1v) is 4.95. The Kier molecular flexibility index (Phi) is 3.34. The lowest BCUT2D eigenvalue weighted by atomic mass is 10.3. The molecule has 0 saturated carbocycles. The second-order valence-electron chi connectivity index (χ2n) is 1.79. The summed E-state index contributed by atoms with van der Waals surface area (Å²) < 4.78 is 0. The fourth-order valence-electron chi connectivity index (χ4n) is 0.616. The third-order valence-electron chi connectivity index (χ3n) is 1.04. The molecule has 1 heterocycles. The predicted octanol–water partition coefficient (Wildman–Crippen LogP) is 2.31. The number of carbonyl (C=O) groups excluding carboxylic acids is 1. The van der Waals surface area contributed by atoms with Gasteiger partial charge in [0, 0.05) is 10.9 Å². The number of halogens is 1. The summed E-state index contributed by atoms with van der Waals surface area (Å²) in [6, 6.07) is 1.79. The maximum absolute atomic E-state index is 10.2. The number of carbonyl (C=O) groups is 1. The van der Waals surface area contributed by atoms with Gasteiger partial charge < -0.3 is 0 Å². The van der Waals surface area contributed by atoms with Gasteiger partial charge in [-0.05, 0) is 6.07 Å². The van der Waals surface area contributed by atoms with Crippen molar-refractivity contribution in [3.05, 3.63) is 21.9 Å². The van der Waals surface area contributed by atoms with Crippen molar-refractivity contribution in [2.75, 3.05) is 5.33 Å². The van der Waals surface area contributed by atoms with Crippen LogP contribution in [0.2, 0.25) is 0 Å². The summed E-state index contributed by atoms with van der Waals surface area (Å²) in [7, 11) is 0. The Balaban J connectivity index is 2.80. The normalized spacial score (nSPS) is 8.45. The Morgan fingerprint density at radius 2 is 2.55 bits per heavy atom.